The number of anilines is 2. The summed E-state index contributed by atoms with van der Waals surface area (Å²) in [6.07, 6.45) is 2.71. The van der Waals surface area contributed by atoms with Crippen LogP contribution < -0.4 is 10.6 Å². The second-order valence-electron chi connectivity index (χ2n) is 6.08. The summed E-state index contributed by atoms with van der Waals surface area (Å²) in [5, 5.41) is 5.99. The van der Waals surface area contributed by atoms with E-state index in [0.29, 0.717) is 18.0 Å². The number of benzene rings is 2. The normalized spacial score (nSPS) is 12.2. The molecule has 0 saturated heterocycles. The van der Waals surface area contributed by atoms with Gasteiger partial charge in [0.2, 0.25) is 0 Å². The van der Waals surface area contributed by atoms with Crippen molar-refractivity contribution < 1.29 is 13.2 Å². The van der Waals surface area contributed by atoms with E-state index in [4.69, 9.17) is 0 Å². The molecule has 0 aromatic heterocycles. The van der Waals surface area contributed by atoms with Gasteiger partial charge in [0.25, 0.3) is 0 Å². The average molecular weight is 336 g/mol. The van der Waals surface area contributed by atoms with E-state index in [0.717, 1.165) is 31.0 Å². The highest BCUT2D eigenvalue weighted by Crippen LogP contribution is 2.27. The van der Waals surface area contributed by atoms with Gasteiger partial charge in [0.15, 0.2) is 11.6 Å². The third-order valence-electron chi connectivity index (χ3n) is 3.98. The van der Waals surface area contributed by atoms with Crippen molar-refractivity contribution in [3.8, 4) is 0 Å². The molecule has 130 valence electrons. The molecule has 0 spiro atoms. The SMILES string of the molecule is CNCCC[C@H](C)Cc1cc(F)ccc1Nc1cccc(F)c1F. The van der Waals surface area contributed by atoms with Crippen LogP contribution in [-0.2, 0) is 6.42 Å². The largest absolute Gasteiger partial charge is 0.353 e. The molecule has 0 fully saturated rings. The second kappa shape index (κ2) is 8.73. The standard InChI is InChI=1S/C19H23F3N2/c1-13(5-4-10-23-2)11-14-12-15(20)8-9-17(14)24-18-7-3-6-16(21)19(18)22/h3,6-9,12-13,23-24H,4-5,10-11H2,1-2H3/t13-/m0/s1. The predicted octanol–water partition coefficient (Wildman–Crippen LogP) is 5.03. The van der Waals surface area contributed by atoms with Crippen LogP contribution in [-0.4, -0.2) is 13.6 Å². The Morgan fingerprint density at radius 3 is 2.58 bits per heavy atom. The highest BCUT2D eigenvalue weighted by Gasteiger charge is 2.12. The molecule has 1 atom stereocenters. The van der Waals surface area contributed by atoms with Crippen molar-refractivity contribution in [2.75, 3.05) is 18.9 Å². The fourth-order valence-electron chi connectivity index (χ4n) is 2.70. The molecule has 0 aliphatic carbocycles. The third kappa shape index (κ3) is 4.99. The molecule has 0 unspecified atom stereocenters. The van der Waals surface area contributed by atoms with E-state index in [1.54, 1.807) is 6.07 Å². The van der Waals surface area contributed by atoms with Crippen molar-refractivity contribution in [1.29, 1.82) is 0 Å². The van der Waals surface area contributed by atoms with Crippen molar-refractivity contribution in [3.05, 3.63) is 59.4 Å². The van der Waals surface area contributed by atoms with Gasteiger partial charge >= 0.3 is 0 Å². The fraction of sp³-hybridized carbons (Fsp3) is 0.368. The zero-order valence-corrected chi connectivity index (χ0v) is 14.0. The van der Waals surface area contributed by atoms with Gasteiger partial charge in [-0.2, -0.15) is 0 Å². The lowest BCUT2D eigenvalue weighted by Crippen LogP contribution is -2.10. The Kier molecular flexibility index (Phi) is 6.67. The van der Waals surface area contributed by atoms with Crippen LogP contribution in [0.5, 0.6) is 0 Å². The van der Waals surface area contributed by atoms with Gasteiger partial charge in [-0.3, -0.25) is 0 Å². The Labute approximate surface area is 141 Å². The van der Waals surface area contributed by atoms with Gasteiger partial charge in [0.1, 0.15) is 5.82 Å². The number of halogens is 3. The average Bonchev–Trinajstić information content (AvgIpc) is 2.54. The van der Waals surface area contributed by atoms with Crippen molar-refractivity contribution in [1.82, 2.24) is 5.32 Å². The summed E-state index contributed by atoms with van der Waals surface area (Å²) in [5.74, 6) is -1.82. The van der Waals surface area contributed by atoms with Gasteiger partial charge < -0.3 is 10.6 Å². The Hall–Kier alpha value is -2.01. The van der Waals surface area contributed by atoms with Gasteiger partial charge in [0.05, 0.1) is 5.69 Å². The summed E-state index contributed by atoms with van der Waals surface area (Å²) >= 11 is 0. The molecule has 2 aromatic rings. The summed E-state index contributed by atoms with van der Waals surface area (Å²) in [6.45, 7) is 3.04. The Bertz CT molecular complexity index is 674. The minimum Gasteiger partial charge on any atom is -0.353 e. The van der Waals surface area contributed by atoms with E-state index >= 15 is 0 Å². The number of nitrogens with one attached hydrogen (secondary N) is 2. The van der Waals surface area contributed by atoms with Crippen LogP contribution in [0.25, 0.3) is 0 Å². The lowest BCUT2D eigenvalue weighted by Gasteiger charge is -2.17. The van der Waals surface area contributed by atoms with Gasteiger partial charge in [-0.15, -0.1) is 0 Å². The fourth-order valence-corrected chi connectivity index (χ4v) is 2.70. The molecule has 2 rings (SSSR count). The van der Waals surface area contributed by atoms with Crippen molar-refractivity contribution in [2.24, 2.45) is 5.92 Å². The zero-order chi connectivity index (χ0) is 17.5. The summed E-state index contributed by atoms with van der Waals surface area (Å²) in [7, 11) is 1.91. The molecule has 0 amide bonds. The minimum atomic E-state index is -0.935. The van der Waals surface area contributed by atoms with Crippen LogP contribution in [0, 0.1) is 23.4 Å². The predicted molar refractivity (Wildman–Crippen MR) is 92.1 cm³/mol. The van der Waals surface area contributed by atoms with Gasteiger partial charge in [-0.1, -0.05) is 13.0 Å². The molecule has 0 radical (unpaired) electrons. The van der Waals surface area contributed by atoms with Crippen LogP contribution in [0.15, 0.2) is 36.4 Å². The van der Waals surface area contributed by atoms with Crippen LogP contribution in [0.3, 0.4) is 0 Å². The van der Waals surface area contributed by atoms with E-state index in [1.807, 2.05) is 7.05 Å². The molecule has 24 heavy (non-hydrogen) atoms. The van der Waals surface area contributed by atoms with E-state index in [2.05, 4.69) is 17.6 Å². The molecule has 2 nitrogen and oxygen atoms in total. The number of hydrogen-bond donors (Lipinski definition) is 2. The Morgan fingerprint density at radius 2 is 1.83 bits per heavy atom. The smallest absolute Gasteiger partial charge is 0.182 e. The molecule has 0 aliphatic rings. The summed E-state index contributed by atoms with van der Waals surface area (Å²) < 4.78 is 40.8. The maximum absolute atomic E-state index is 13.8. The van der Waals surface area contributed by atoms with Gasteiger partial charge in [0, 0.05) is 5.69 Å². The number of rotatable bonds is 8. The molecular formula is C19H23F3N2. The lowest BCUT2D eigenvalue weighted by atomic mass is 9.95. The van der Waals surface area contributed by atoms with Crippen LogP contribution >= 0.6 is 0 Å². The summed E-state index contributed by atoms with van der Waals surface area (Å²) in [5.41, 5.74) is 1.41. The highest BCUT2D eigenvalue weighted by atomic mass is 19.2. The van der Waals surface area contributed by atoms with Crippen molar-refractivity contribution >= 4 is 11.4 Å². The van der Waals surface area contributed by atoms with E-state index in [-0.39, 0.29) is 11.5 Å². The molecular weight excluding hydrogens is 313 g/mol. The molecule has 5 heteroatoms. The Balaban J connectivity index is 2.16. The first-order valence-electron chi connectivity index (χ1n) is 8.15. The monoisotopic (exact) mass is 336 g/mol. The lowest BCUT2D eigenvalue weighted by molar-refractivity contribution is 0.498. The van der Waals surface area contributed by atoms with Gasteiger partial charge in [-0.25, -0.2) is 13.2 Å². The molecule has 0 bridgehead atoms. The van der Waals surface area contributed by atoms with Crippen LogP contribution in [0.2, 0.25) is 0 Å². The summed E-state index contributed by atoms with van der Waals surface area (Å²) in [6, 6.07) is 8.29. The maximum atomic E-state index is 13.8. The Morgan fingerprint density at radius 1 is 1.04 bits per heavy atom. The quantitative estimate of drug-likeness (QED) is 0.661. The second-order valence-corrected chi connectivity index (χ2v) is 6.08. The van der Waals surface area contributed by atoms with E-state index in [9.17, 15) is 13.2 Å². The van der Waals surface area contributed by atoms with Gasteiger partial charge in [-0.05, 0) is 74.7 Å². The van der Waals surface area contributed by atoms with E-state index in [1.165, 1.54) is 24.3 Å². The molecule has 0 heterocycles. The minimum absolute atomic E-state index is 0.0469. The topological polar surface area (TPSA) is 24.1 Å². The zero-order valence-electron chi connectivity index (χ0n) is 14.0. The molecule has 0 aliphatic heterocycles. The molecule has 2 aromatic carbocycles. The third-order valence-corrected chi connectivity index (χ3v) is 3.98. The van der Waals surface area contributed by atoms with Crippen molar-refractivity contribution in [3.63, 3.8) is 0 Å². The summed E-state index contributed by atoms with van der Waals surface area (Å²) in [4.78, 5) is 0. The molecule has 0 saturated carbocycles. The molecule has 2 N–H and O–H groups in total. The maximum Gasteiger partial charge on any atom is 0.182 e. The first-order chi connectivity index (χ1) is 11.5. The van der Waals surface area contributed by atoms with E-state index < -0.39 is 11.6 Å². The van der Waals surface area contributed by atoms with Crippen LogP contribution in [0.1, 0.15) is 25.3 Å². The first-order valence-corrected chi connectivity index (χ1v) is 8.15. The highest BCUT2D eigenvalue weighted by molar-refractivity contribution is 5.63. The first kappa shape index (κ1) is 18.3. The number of hydrogen-bond acceptors (Lipinski definition) is 2. The van der Waals surface area contributed by atoms with Crippen LogP contribution in [0.4, 0.5) is 24.5 Å². The van der Waals surface area contributed by atoms with Crippen molar-refractivity contribution in [2.45, 2.75) is 26.2 Å².